The summed E-state index contributed by atoms with van der Waals surface area (Å²) < 4.78 is 10.5. The molecular formula is C47H91O2PS. The third-order valence-electron chi connectivity index (χ3n) is 7.64. The maximum absolute atomic E-state index is 11.5. The second-order valence-corrected chi connectivity index (χ2v) is 17.8. The molecule has 2 nitrogen and oxygen atoms in total. The molecule has 1 aliphatic carbocycles. The van der Waals surface area contributed by atoms with Crippen molar-refractivity contribution >= 4 is 24.8 Å². The van der Waals surface area contributed by atoms with Crippen LogP contribution in [0.25, 0.3) is 0 Å². The van der Waals surface area contributed by atoms with Crippen molar-refractivity contribution in [1.29, 1.82) is 0 Å². The van der Waals surface area contributed by atoms with Crippen LogP contribution in [0.1, 0.15) is 189 Å². The van der Waals surface area contributed by atoms with Crippen LogP contribution in [0.2, 0.25) is 0 Å². The lowest BCUT2D eigenvalue weighted by Gasteiger charge is -2.29. The van der Waals surface area contributed by atoms with Crippen LogP contribution in [0.5, 0.6) is 0 Å². The molecular weight excluding hydrogens is 660 g/mol. The van der Waals surface area contributed by atoms with Gasteiger partial charge < -0.3 is 0 Å². The number of hydrogen-bond acceptors (Lipinski definition) is 3. The largest absolute Gasteiger partial charge is 0.300 e. The Labute approximate surface area is 329 Å². The normalized spacial score (nSPS) is 13.5. The summed E-state index contributed by atoms with van der Waals surface area (Å²) in [6.07, 6.45) is 23.1. The average molecular weight is 751 g/mol. The van der Waals surface area contributed by atoms with E-state index in [0.717, 1.165) is 24.3 Å². The van der Waals surface area contributed by atoms with Crippen LogP contribution in [-0.4, -0.2) is 11.0 Å². The van der Waals surface area contributed by atoms with E-state index in [2.05, 4.69) is 129 Å². The Balaban J connectivity index is -0.0000000956. The van der Waals surface area contributed by atoms with Gasteiger partial charge in [-0.05, 0) is 107 Å². The van der Waals surface area contributed by atoms with Crippen molar-refractivity contribution in [3.8, 4) is 12.3 Å². The molecule has 3 unspecified atom stereocenters. The first kappa shape index (κ1) is 64.4. The number of terminal acetylenes is 1. The first-order chi connectivity index (χ1) is 23.4. The highest BCUT2D eigenvalue weighted by Crippen LogP contribution is 2.51. The number of ketones is 1. The molecule has 4 heteroatoms. The van der Waals surface area contributed by atoms with Crippen LogP contribution in [0.4, 0.5) is 0 Å². The van der Waals surface area contributed by atoms with E-state index in [0.29, 0.717) is 22.7 Å². The monoisotopic (exact) mass is 751 g/mol. The molecule has 0 bridgehead atoms. The van der Waals surface area contributed by atoms with Gasteiger partial charge in [0.25, 0.3) is 0 Å². The summed E-state index contributed by atoms with van der Waals surface area (Å²) in [7, 11) is -0.00546. The van der Waals surface area contributed by atoms with Crippen LogP contribution in [0.15, 0.2) is 61.8 Å². The Bertz CT molecular complexity index is 904. The van der Waals surface area contributed by atoms with Gasteiger partial charge in [0.1, 0.15) is 5.78 Å². The number of carbonyl (C=O) groups is 1. The lowest BCUT2D eigenvalue weighted by atomic mass is 9.77. The molecule has 0 saturated heterocycles. The minimum atomic E-state index is -0.115. The van der Waals surface area contributed by atoms with Crippen molar-refractivity contribution in [3.05, 3.63) is 61.8 Å². The molecule has 1 aliphatic rings. The minimum absolute atomic E-state index is 0.00546. The highest BCUT2D eigenvalue weighted by Gasteiger charge is 2.40. The van der Waals surface area contributed by atoms with E-state index in [1.807, 2.05) is 39.8 Å². The van der Waals surface area contributed by atoms with Gasteiger partial charge in [-0.15, -0.1) is 19.6 Å². The first-order valence-corrected chi connectivity index (χ1v) is 21.7. The summed E-state index contributed by atoms with van der Waals surface area (Å²) in [5, 5.41) is -0.115. The van der Waals surface area contributed by atoms with Gasteiger partial charge in [-0.2, -0.15) is 0 Å². The SMILES string of the molecule is C#CC(CC(CC1(C)CC1)C(C)=O)SP=O.C/C=C\C.C=C(C)CC(C)(C)C.C=CC.C=CC(=C)C.CCC.CCC.CCC(C)C(C)(C)CC. The summed E-state index contributed by atoms with van der Waals surface area (Å²) >= 11 is 1.20. The van der Waals surface area contributed by atoms with Gasteiger partial charge in [-0.1, -0.05) is 170 Å². The van der Waals surface area contributed by atoms with E-state index in [-0.39, 0.29) is 24.6 Å². The molecule has 0 amide bonds. The molecule has 0 aliphatic heterocycles. The topological polar surface area (TPSA) is 34.1 Å². The number of rotatable bonds is 12. The molecule has 1 fully saturated rings. The molecule has 0 N–H and O–H groups in total. The fraction of sp³-hybridized carbons (Fsp3) is 0.723. The van der Waals surface area contributed by atoms with Gasteiger partial charge in [0.2, 0.25) is 7.66 Å². The zero-order valence-corrected chi connectivity index (χ0v) is 39.7. The van der Waals surface area contributed by atoms with Gasteiger partial charge >= 0.3 is 0 Å². The molecule has 1 saturated carbocycles. The summed E-state index contributed by atoms with van der Waals surface area (Å²) in [6.45, 7) is 54.7. The Morgan fingerprint density at radius 3 is 1.43 bits per heavy atom. The molecule has 0 heterocycles. The summed E-state index contributed by atoms with van der Waals surface area (Å²) in [4.78, 5) is 11.5. The molecule has 0 aromatic carbocycles. The summed E-state index contributed by atoms with van der Waals surface area (Å²) in [6, 6.07) is 0. The molecule has 0 spiro atoms. The second-order valence-electron chi connectivity index (χ2n) is 15.8. The number of allylic oxidation sites excluding steroid dienone is 6. The van der Waals surface area contributed by atoms with Gasteiger partial charge in [-0.3, -0.25) is 9.36 Å². The van der Waals surface area contributed by atoms with Crippen molar-refractivity contribution in [2.75, 3.05) is 0 Å². The zero-order chi connectivity index (χ0) is 42.3. The highest BCUT2D eigenvalue weighted by atomic mass is 32.7. The van der Waals surface area contributed by atoms with Crippen molar-refractivity contribution in [2.24, 2.45) is 28.1 Å². The summed E-state index contributed by atoms with van der Waals surface area (Å²) in [5.74, 6) is 3.70. The van der Waals surface area contributed by atoms with Crippen molar-refractivity contribution < 1.29 is 9.36 Å². The van der Waals surface area contributed by atoms with Crippen LogP contribution in [0, 0.1) is 40.4 Å². The van der Waals surface area contributed by atoms with Crippen LogP contribution in [0.3, 0.4) is 0 Å². The third kappa shape index (κ3) is 63.8. The Hall–Kier alpha value is -1.62. The van der Waals surface area contributed by atoms with E-state index < -0.39 is 0 Å². The molecule has 0 radical (unpaired) electrons. The highest BCUT2D eigenvalue weighted by molar-refractivity contribution is 8.46. The van der Waals surface area contributed by atoms with E-state index in [1.165, 1.54) is 55.5 Å². The number of hydrogen-bond donors (Lipinski definition) is 0. The third-order valence-corrected chi connectivity index (χ3v) is 9.33. The van der Waals surface area contributed by atoms with Gasteiger partial charge in [0.05, 0.1) is 5.25 Å². The Kier molecular flexibility index (Phi) is 54.0. The smallest absolute Gasteiger partial charge is 0.228 e. The Morgan fingerprint density at radius 2 is 1.29 bits per heavy atom. The van der Waals surface area contributed by atoms with Crippen LogP contribution < -0.4 is 0 Å². The van der Waals surface area contributed by atoms with E-state index in [1.54, 1.807) is 19.1 Å². The maximum atomic E-state index is 11.5. The quantitative estimate of drug-likeness (QED) is 0.0862. The average Bonchev–Trinajstić information content (AvgIpc) is 3.77. The van der Waals surface area contributed by atoms with E-state index in [9.17, 15) is 9.36 Å². The van der Waals surface area contributed by atoms with Crippen molar-refractivity contribution in [2.45, 2.75) is 195 Å². The number of Topliss-reactive ketones (excluding diaryl/α,β-unsaturated/α-hetero) is 1. The molecule has 0 aromatic rings. The van der Waals surface area contributed by atoms with Gasteiger partial charge in [0, 0.05) is 5.92 Å². The van der Waals surface area contributed by atoms with E-state index in [4.69, 9.17) is 6.42 Å². The fourth-order valence-electron chi connectivity index (χ4n) is 3.66. The fourth-order valence-corrected chi connectivity index (χ4v) is 4.90. The molecule has 3 atom stereocenters. The summed E-state index contributed by atoms with van der Waals surface area (Å²) in [5.41, 5.74) is 3.62. The maximum Gasteiger partial charge on any atom is 0.228 e. The standard InChI is InChI=1S/C12H17O2PS.C9H20.C8H16.C5H8.C4H8.2C3H8.C3H6/c1-4-11(16-15-14)7-10(9(2)13)8-12(3)5-6-12;1-6-8(3)9(4,5)7-2;1-7(2)6-8(3,4)5;1-4-5(2)3;1-3-4-2;3*1-3-2/h1,10-11H,5-8H2,2-3H3;8H,6-7H2,1-5H3;1,6H2,2-5H3;4H,1-2H2,3H3;3-4H,1-2H3;2*3H2,1-2H3;3H,1H2,2H3/b;;;;4-3-;;;. The zero-order valence-electron chi connectivity index (χ0n) is 38.0. The van der Waals surface area contributed by atoms with Gasteiger partial charge in [-0.25, -0.2) is 0 Å². The lowest BCUT2D eigenvalue weighted by molar-refractivity contribution is -0.121. The minimum Gasteiger partial charge on any atom is -0.300 e. The van der Waals surface area contributed by atoms with Crippen molar-refractivity contribution in [1.82, 2.24) is 0 Å². The molecule has 51 heavy (non-hydrogen) atoms. The predicted molar refractivity (Wildman–Crippen MR) is 244 cm³/mol. The Morgan fingerprint density at radius 1 is 0.922 bits per heavy atom. The molecule has 302 valence electrons. The second kappa shape index (κ2) is 42.8. The first-order valence-electron chi connectivity index (χ1n) is 19.4. The lowest BCUT2D eigenvalue weighted by Crippen LogP contribution is -2.19. The van der Waals surface area contributed by atoms with Crippen LogP contribution in [-0.2, 0) is 9.36 Å². The van der Waals surface area contributed by atoms with Crippen molar-refractivity contribution in [3.63, 3.8) is 0 Å². The van der Waals surface area contributed by atoms with Crippen LogP contribution >= 0.6 is 19.0 Å². The molecule has 1 rings (SSSR count). The number of carbonyl (C=O) groups excluding carboxylic acids is 1. The van der Waals surface area contributed by atoms with Gasteiger partial charge in [0.15, 0.2) is 0 Å². The predicted octanol–water partition coefficient (Wildman–Crippen LogP) is 17.5. The van der Waals surface area contributed by atoms with E-state index >= 15 is 0 Å². The molecule has 0 aromatic heterocycles.